The van der Waals surface area contributed by atoms with E-state index in [2.05, 4.69) is 0 Å². The lowest BCUT2D eigenvalue weighted by Crippen LogP contribution is -2.39. The molecule has 0 spiro atoms. The van der Waals surface area contributed by atoms with Crippen LogP contribution in [0.5, 0.6) is 0 Å². The molecule has 1 atom stereocenters. The van der Waals surface area contributed by atoms with Gasteiger partial charge in [-0.05, 0) is 36.8 Å². The van der Waals surface area contributed by atoms with Gasteiger partial charge in [0.1, 0.15) is 6.61 Å². The molecule has 0 N–H and O–H groups in total. The van der Waals surface area contributed by atoms with Crippen molar-refractivity contribution >= 4 is 12.0 Å². The van der Waals surface area contributed by atoms with Crippen molar-refractivity contribution in [2.24, 2.45) is 5.92 Å². The van der Waals surface area contributed by atoms with Crippen LogP contribution in [0.2, 0.25) is 0 Å². The number of hydrogen-bond donors (Lipinski definition) is 0. The second-order valence-corrected chi connectivity index (χ2v) is 5.33. The summed E-state index contributed by atoms with van der Waals surface area (Å²) in [5.74, 6) is 0.255. The molecule has 0 aromatic heterocycles. The number of nitrogens with zero attached hydrogens (tertiary/aromatic N) is 1. The Balaban J connectivity index is 1.69. The van der Waals surface area contributed by atoms with E-state index in [9.17, 15) is 9.59 Å². The van der Waals surface area contributed by atoms with Gasteiger partial charge in [0.15, 0.2) is 0 Å². The van der Waals surface area contributed by atoms with Crippen LogP contribution in [0.4, 0.5) is 4.79 Å². The zero-order valence-electron chi connectivity index (χ0n) is 11.2. The molecular weight excluding hydrogens is 254 g/mol. The van der Waals surface area contributed by atoms with Gasteiger partial charge in [-0.2, -0.15) is 0 Å². The molecule has 2 fully saturated rings. The van der Waals surface area contributed by atoms with Gasteiger partial charge in [-0.3, -0.25) is 4.79 Å². The van der Waals surface area contributed by atoms with Crippen molar-refractivity contribution in [3.63, 3.8) is 0 Å². The van der Waals surface area contributed by atoms with Crippen LogP contribution < -0.4 is 0 Å². The van der Waals surface area contributed by atoms with E-state index in [1.807, 2.05) is 36.4 Å². The second kappa shape index (κ2) is 5.49. The zero-order chi connectivity index (χ0) is 13.9. The fourth-order valence-electron chi connectivity index (χ4n) is 2.35. The molecule has 0 bridgehead atoms. The number of carbonyl (C=O) groups is 2. The van der Waals surface area contributed by atoms with Crippen LogP contribution in [0.3, 0.4) is 0 Å². The lowest BCUT2D eigenvalue weighted by atomic mass is 10.1. The molecule has 104 valence electrons. The highest BCUT2D eigenvalue weighted by Crippen LogP contribution is 2.30. The molecule has 1 aromatic carbocycles. The highest BCUT2D eigenvalue weighted by Gasteiger charge is 2.37. The molecule has 4 heteroatoms. The van der Waals surface area contributed by atoms with Gasteiger partial charge in [0, 0.05) is 0 Å². The Morgan fingerprint density at radius 3 is 2.75 bits per heavy atom. The summed E-state index contributed by atoms with van der Waals surface area (Å²) in [5.41, 5.74) is 1.10. The Bertz CT molecular complexity index is 534. The van der Waals surface area contributed by atoms with E-state index < -0.39 is 6.09 Å². The molecule has 2 aliphatic rings. The Hall–Kier alpha value is -2.10. The molecule has 1 aromatic rings. The highest BCUT2D eigenvalue weighted by atomic mass is 16.6. The molecule has 4 nitrogen and oxygen atoms in total. The molecule has 0 radical (unpaired) electrons. The normalized spacial score (nSPS) is 22.3. The van der Waals surface area contributed by atoms with Crippen molar-refractivity contribution in [1.82, 2.24) is 4.90 Å². The predicted molar refractivity (Wildman–Crippen MR) is 74.0 cm³/mol. The summed E-state index contributed by atoms with van der Waals surface area (Å²) in [6, 6.07) is 9.62. The monoisotopic (exact) mass is 271 g/mol. The van der Waals surface area contributed by atoms with Crippen LogP contribution in [0.1, 0.15) is 18.4 Å². The molecule has 1 aliphatic carbocycles. The molecule has 2 amide bonds. The largest absolute Gasteiger partial charge is 0.447 e. The minimum Gasteiger partial charge on any atom is -0.447 e. The van der Waals surface area contributed by atoms with Crippen LogP contribution >= 0.6 is 0 Å². The Morgan fingerprint density at radius 1 is 1.30 bits per heavy atom. The number of allylic oxidation sites excluding steroid dienone is 1. The summed E-state index contributed by atoms with van der Waals surface area (Å²) < 4.78 is 5.03. The highest BCUT2D eigenvalue weighted by molar-refractivity contribution is 5.99. The maximum Gasteiger partial charge on any atom is 0.417 e. The third kappa shape index (κ3) is 2.90. The number of cyclic esters (lactones) is 1. The lowest BCUT2D eigenvalue weighted by molar-refractivity contribution is -0.124. The summed E-state index contributed by atoms with van der Waals surface area (Å²) in [6.07, 6.45) is 5.80. The summed E-state index contributed by atoms with van der Waals surface area (Å²) >= 11 is 0. The van der Waals surface area contributed by atoms with E-state index in [4.69, 9.17) is 4.74 Å². The maximum absolute atomic E-state index is 12.1. The number of imide groups is 1. The first-order chi connectivity index (χ1) is 9.74. The van der Waals surface area contributed by atoms with Gasteiger partial charge in [0.2, 0.25) is 0 Å². The zero-order valence-corrected chi connectivity index (χ0v) is 11.2. The quantitative estimate of drug-likeness (QED) is 0.791. The average molecular weight is 271 g/mol. The van der Waals surface area contributed by atoms with E-state index in [1.165, 1.54) is 11.0 Å². The predicted octanol–water partition coefficient (Wildman–Crippen LogP) is 2.54. The van der Waals surface area contributed by atoms with E-state index in [0.717, 1.165) is 18.4 Å². The summed E-state index contributed by atoms with van der Waals surface area (Å²) in [4.78, 5) is 25.1. The first kappa shape index (κ1) is 12.9. The van der Waals surface area contributed by atoms with Crippen LogP contribution in [-0.2, 0) is 16.0 Å². The molecule has 1 saturated heterocycles. The average Bonchev–Trinajstić information content (AvgIpc) is 3.22. The van der Waals surface area contributed by atoms with Crippen molar-refractivity contribution < 1.29 is 14.3 Å². The third-order valence-corrected chi connectivity index (χ3v) is 3.65. The number of rotatable bonds is 4. The Kier molecular flexibility index (Phi) is 3.54. The second-order valence-electron chi connectivity index (χ2n) is 5.33. The van der Waals surface area contributed by atoms with Crippen LogP contribution in [0, 0.1) is 5.92 Å². The van der Waals surface area contributed by atoms with Gasteiger partial charge in [-0.25, -0.2) is 9.69 Å². The minimum absolute atomic E-state index is 0.207. The minimum atomic E-state index is -0.531. The van der Waals surface area contributed by atoms with Crippen LogP contribution in [-0.4, -0.2) is 29.5 Å². The molecule has 1 heterocycles. The van der Waals surface area contributed by atoms with Crippen molar-refractivity contribution in [1.29, 1.82) is 0 Å². The van der Waals surface area contributed by atoms with Gasteiger partial charge >= 0.3 is 6.09 Å². The van der Waals surface area contributed by atoms with E-state index >= 15 is 0 Å². The van der Waals surface area contributed by atoms with Crippen molar-refractivity contribution in [2.45, 2.75) is 25.3 Å². The SMILES string of the molecule is O=C(C=CC1CC1)N1C(=O)OCC1Cc1ccccc1. The van der Waals surface area contributed by atoms with Crippen molar-refractivity contribution in [2.75, 3.05) is 6.61 Å². The number of carbonyl (C=O) groups excluding carboxylic acids is 2. The molecule has 20 heavy (non-hydrogen) atoms. The fraction of sp³-hybridized carbons (Fsp3) is 0.375. The lowest BCUT2D eigenvalue weighted by Gasteiger charge is -2.18. The topological polar surface area (TPSA) is 46.6 Å². The van der Waals surface area contributed by atoms with Gasteiger partial charge in [0.05, 0.1) is 6.04 Å². The fourth-order valence-corrected chi connectivity index (χ4v) is 2.35. The number of amides is 2. The van der Waals surface area contributed by atoms with Gasteiger partial charge in [0.25, 0.3) is 5.91 Å². The van der Waals surface area contributed by atoms with Crippen LogP contribution in [0.25, 0.3) is 0 Å². The smallest absolute Gasteiger partial charge is 0.417 e. The summed E-state index contributed by atoms with van der Waals surface area (Å²) in [6.45, 7) is 0.275. The van der Waals surface area contributed by atoms with E-state index in [1.54, 1.807) is 0 Å². The molecule has 1 aliphatic heterocycles. The first-order valence-corrected chi connectivity index (χ1v) is 6.96. The number of benzene rings is 1. The third-order valence-electron chi connectivity index (χ3n) is 3.65. The maximum atomic E-state index is 12.1. The number of hydrogen-bond acceptors (Lipinski definition) is 3. The number of ether oxygens (including phenoxy) is 1. The standard InChI is InChI=1S/C16H17NO3/c18-15(9-8-12-6-7-12)17-14(11-20-16(17)19)10-13-4-2-1-3-5-13/h1-5,8-9,12,14H,6-7,10-11H2. The van der Waals surface area contributed by atoms with E-state index in [0.29, 0.717) is 12.3 Å². The van der Waals surface area contributed by atoms with Gasteiger partial charge in [-0.1, -0.05) is 36.4 Å². The molecule has 1 unspecified atom stereocenters. The Morgan fingerprint density at radius 2 is 2.05 bits per heavy atom. The van der Waals surface area contributed by atoms with Crippen LogP contribution in [0.15, 0.2) is 42.5 Å². The Labute approximate surface area is 118 Å². The van der Waals surface area contributed by atoms with Gasteiger partial charge < -0.3 is 4.74 Å². The van der Waals surface area contributed by atoms with Gasteiger partial charge in [-0.15, -0.1) is 0 Å². The van der Waals surface area contributed by atoms with Crippen molar-refractivity contribution in [3.05, 3.63) is 48.0 Å². The molecule has 1 saturated carbocycles. The summed E-state index contributed by atoms with van der Waals surface area (Å²) in [5, 5.41) is 0. The van der Waals surface area contributed by atoms with Crippen molar-refractivity contribution in [3.8, 4) is 0 Å². The molecule has 3 rings (SSSR count). The first-order valence-electron chi connectivity index (χ1n) is 6.96. The molecular formula is C16H17NO3. The summed E-state index contributed by atoms with van der Waals surface area (Å²) in [7, 11) is 0. The van der Waals surface area contributed by atoms with E-state index in [-0.39, 0.29) is 18.6 Å².